The van der Waals surface area contributed by atoms with Gasteiger partial charge in [0.1, 0.15) is 11.1 Å². The second-order valence-corrected chi connectivity index (χ2v) is 11.4. The summed E-state index contributed by atoms with van der Waals surface area (Å²) in [5.74, 6) is -10.8. The van der Waals surface area contributed by atoms with Gasteiger partial charge in [-0.15, -0.1) is 0 Å². The highest BCUT2D eigenvalue weighted by Crippen LogP contribution is 2.30. The molecule has 1 aromatic heterocycles. The van der Waals surface area contributed by atoms with Crippen molar-refractivity contribution >= 4 is 44.7 Å². The first-order valence-electron chi connectivity index (χ1n) is 13.8. The molecule has 12 heteroatoms. The van der Waals surface area contributed by atoms with Crippen LogP contribution in [-0.4, -0.2) is 31.8 Å². The SMILES string of the molecule is CCCN(CCC)c1ccc2c(CC)c(/C=C/c3ccc(C(=O)c4c(F)c(F)c(S(=O)(=O)O)c(F)c4F)cc3)c(=O)oc2c1. The molecule has 0 bridgehead atoms. The first-order valence-corrected chi connectivity index (χ1v) is 15.3. The minimum atomic E-state index is -5.66. The van der Waals surface area contributed by atoms with E-state index in [9.17, 15) is 35.6 Å². The van der Waals surface area contributed by atoms with Crippen molar-refractivity contribution in [3.05, 3.63) is 104 Å². The lowest BCUT2D eigenvalue weighted by Crippen LogP contribution is -2.24. The lowest BCUT2D eigenvalue weighted by atomic mass is 9.99. The normalized spacial score (nSPS) is 11.9. The van der Waals surface area contributed by atoms with Gasteiger partial charge in [0.05, 0.1) is 5.56 Å². The molecule has 0 aliphatic rings. The van der Waals surface area contributed by atoms with Gasteiger partial charge in [-0.2, -0.15) is 8.42 Å². The molecule has 0 radical (unpaired) electrons. The molecule has 1 N–H and O–H groups in total. The van der Waals surface area contributed by atoms with Gasteiger partial charge in [-0.05, 0) is 48.6 Å². The van der Waals surface area contributed by atoms with Gasteiger partial charge >= 0.3 is 15.7 Å². The van der Waals surface area contributed by atoms with Gasteiger partial charge in [0.25, 0.3) is 0 Å². The summed E-state index contributed by atoms with van der Waals surface area (Å²) in [4.78, 5) is 25.7. The van der Waals surface area contributed by atoms with Crippen molar-refractivity contribution in [1.29, 1.82) is 0 Å². The maximum absolute atomic E-state index is 14.5. The van der Waals surface area contributed by atoms with Crippen LogP contribution in [0.15, 0.2) is 56.6 Å². The van der Waals surface area contributed by atoms with E-state index in [4.69, 9.17) is 8.97 Å². The first kappa shape index (κ1) is 32.6. The number of nitrogens with zero attached hydrogens (tertiary/aromatic N) is 1. The van der Waals surface area contributed by atoms with E-state index in [0.29, 0.717) is 23.1 Å². The fourth-order valence-corrected chi connectivity index (χ4v) is 5.66. The maximum Gasteiger partial charge on any atom is 0.343 e. The molecule has 0 spiro atoms. The number of hydrogen-bond acceptors (Lipinski definition) is 6. The van der Waals surface area contributed by atoms with Gasteiger partial charge in [0.15, 0.2) is 33.9 Å². The van der Waals surface area contributed by atoms with Crippen LogP contribution in [0.1, 0.15) is 66.2 Å². The minimum Gasteiger partial charge on any atom is -0.422 e. The Balaban J connectivity index is 1.66. The fourth-order valence-electron chi connectivity index (χ4n) is 5.03. The predicted molar refractivity (Wildman–Crippen MR) is 160 cm³/mol. The topological polar surface area (TPSA) is 105 Å². The number of fused-ring (bicyclic) bond motifs is 1. The van der Waals surface area contributed by atoms with Crippen molar-refractivity contribution in [3.63, 3.8) is 0 Å². The first-order chi connectivity index (χ1) is 20.8. The van der Waals surface area contributed by atoms with E-state index >= 15 is 0 Å². The van der Waals surface area contributed by atoms with Crippen LogP contribution in [0, 0.1) is 23.3 Å². The van der Waals surface area contributed by atoms with Crippen LogP contribution in [-0.2, 0) is 16.5 Å². The van der Waals surface area contributed by atoms with Gasteiger partial charge in [-0.3, -0.25) is 9.35 Å². The molecule has 0 aliphatic carbocycles. The summed E-state index contributed by atoms with van der Waals surface area (Å²) < 4.78 is 94.3. The third-order valence-corrected chi connectivity index (χ3v) is 7.94. The summed E-state index contributed by atoms with van der Waals surface area (Å²) in [6.07, 6.45) is 5.58. The smallest absolute Gasteiger partial charge is 0.343 e. The fraction of sp³-hybridized carbons (Fsp3) is 0.250. The Morgan fingerprint density at radius 3 is 2.00 bits per heavy atom. The molecule has 0 aliphatic heterocycles. The Bertz CT molecular complexity index is 1900. The van der Waals surface area contributed by atoms with E-state index < -0.39 is 55.3 Å². The Hall–Kier alpha value is -4.29. The third-order valence-electron chi connectivity index (χ3n) is 7.07. The molecule has 4 aromatic rings. The molecule has 0 saturated heterocycles. The van der Waals surface area contributed by atoms with Gasteiger partial charge in [-0.1, -0.05) is 51.1 Å². The summed E-state index contributed by atoms with van der Waals surface area (Å²) in [6.45, 7) is 7.84. The average molecular weight is 632 g/mol. The van der Waals surface area contributed by atoms with Crippen LogP contribution in [0.2, 0.25) is 0 Å². The van der Waals surface area contributed by atoms with E-state index in [1.54, 1.807) is 12.2 Å². The second kappa shape index (κ2) is 13.1. The number of carbonyl (C=O) groups excluding carboxylic acids is 1. The monoisotopic (exact) mass is 631 g/mol. The summed E-state index contributed by atoms with van der Waals surface area (Å²) in [7, 11) is -5.66. The number of carbonyl (C=O) groups is 1. The Labute approximate surface area is 251 Å². The molecule has 44 heavy (non-hydrogen) atoms. The van der Waals surface area contributed by atoms with E-state index in [-0.39, 0.29) is 5.56 Å². The number of aryl methyl sites for hydroxylation is 1. The molecule has 0 amide bonds. The highest BCUT2D eigenvalue weighted by atomic mass is 32.2. The number of benzene rings is 3. The van der Waals surface area contributed by atoms with Crippen LogP contribution in [0.3, 0.4) is 0 Å². The minimum absolute atomic E-state index is 0.320. The molecule has 1 heterocycles. The summed E-state index contributed by atoms with van der Waals surface area (Å²) >= 11 is 0. The van der Waals surface area contributed by atoms with Crippen LogP contribution < -0.4 is 10.5 Å². The third kappa shape index (κ3) is 6.31. The average Bonchev–Trinajstić information content (AvgIpc) is 2.98. The molecule has 0 fully saturated rings. The van der Waals surface area contributed by atoms with Crippen LogP contribution in [0.25, 0.3) is 23.1 Å². The van der Waals surface area contributed by atoms with Crippen LogP contribution in [0.4, 0.5) is 23.2 Å². The molecule has 0 saturated carbocycles. The van der Waals surface area contributed by atoms with Gasteiger partial charge in [-0.25, -0.2) is 22.4 Å². The number of halogens is 4. The molecular formula is C32H29F4NO6S. The predicted octanol–water partition coefficient (Wildman–Crippen LogP) is 7.19. The van der Waals surface area contributed by atoms with Gasteiger partial charge in [0, 0.05) is 35.8 Å². The highest BCUT2D eigenvalue weighted by Gasteiger charge is 2.34. The number of hydrogen-bond donors (Lipinski definition) is 1. The molecule has 7 nitrogen and oxygen atoms in total. The van der Waals surface area contributed by atoms with Crippen molar-refractivity contribution in [1.82, 2.24) is 0 Å². The number of rotatable bonds is 11. The zero-order chi connectivity index (χ0) is 32.3. The number of anilines is 1. The molecule has 0 unspecified atom stereocenters. The van der Waals surface area contributed by atoms with E-state index in [2.05, 4.69) is 18.7 Å². The molecule has 3 aromatic carbocycles. The zero-order valence-electron chi connectivity index (χ0n) is 24.1. The highest BCUT2D eigenvalue weighted by molar-refractivity contribution is 7.85. The summed E-state index contributed by atoms with van der Waals surface area (Å²) in [5, 5.41) is 0.785. The quantitative estimate of drug-likeness (QED) is 0.0615. The lowest BCUT2D eigenvalue weighted by Gasteiger charge is -2.24. The largest absolute Gasteiger partial charge is 0.422 e. The molecule has 0 atom stereocenters. The maximum atomic E-state index is 14.5. The van der Waals surface area contributed by atoms with E-state index in [0.717, 1.165) is 54.7 Å². The molecule has 4 rings (SSSR count). The zero-order valence-corrected chi connectivity index (χ0v) is 24.9. The van der Waals surface area contributed by atoms with Crippen molar-refractivity contribution in [3.8, 4) is 0 Å². The van der Waals surface area contributed by atoms with Gasteiger partial charge in [0.2, 0.25) is 0 Å². The lowest BCUT2D eigenvalue weighted by molar-refractivity contribution is 0.102. The van der Waals surface area contributed by atoms with Crippen molar-refractivity contribution in [2.24, 2.45) is 0 Å². The molecule has 232 valence electrons. The Morgan fingerprint density at radius 2 is 1.48 bits per heavy atom. The van der Waals surface area contributed by atoms with Crippen molar-refractivity contribution in [2.45, 2.75) is 44.9 Å². The van der Waals surface area contributed by atoms with Crippen molar-refractivity contribution < 1.29 is 39.7 Å². The Morgan fingerprint density at radius 1 is 0.886 bits per heavy atom. The molecular weight excluding hydrogens is 602 g/mol. The van der Waals surface area contributed by atoms with Crippen LogP contribution in [0.5, 0.6) is 0 Å². The Kier molecular flexibility index (Phi) is 9.75. The summed E-state index contributed by atoms with van der Waals surface area (Å²) in [6, 6.07) is 10.8. The number of ketones is 1. The van der Waals surface area contributed by atoms with E-state index in [1.165, 1.54) is 12.1 Å². The van der Waals surface area contributed by atoms with E-state index in [1.807, 2.05) is 25.1 Å². The summed E-state index contributed by atoms with van der Waals surface area (Å²) in [5.41, 5.74) is 0.417. The van der Waals surface area contributed by atoms with Gasteiger partial charge < -0.3 is 9.32 Å². The van der Waals surface area contributed by atoms with Crippen LogP contribution >= 0.6 is 0 Å². The second-order valence-electron chi connectivity index (χ2n) is 10.0. The standard InChI is InChI=1S/C32H29F4NO6S/c1-4-15-37(16-5-2)20-12-14-22-21(6-3)23(32(39)43-24(22)17-20)13-9-18-7-10-19(11-8-18)30(38)25-26(33)28(35)31(44(40,41)42)29(36)27(25)34/h7-14,17H,4-6,15-16H2,1-3H3,(H,40,41,42)/b13-9+. The van der Waals surface area contributed by atoms with Crippen molar-refractivity contribution in [2.75, 3.05) is 18.0 Å².